The molecule has 0 amide bonds. The maximum absolute atomic E-state index is 2.28. The molecule has 2 aromatic rings. The lowest BCUT2D eigenvalue weighted by atomic mass is 10.1. The van der Waals surface area contributed by atoms with Crippen LogP contribution in [-0.2, 0) is 27.2 Å². The summed E-state index contributed by atoms with van der Waals surface area (Å²) in [4.78, 5) is 0. The molecule has 22 heavy (non-hydrogen) atoms. The third-order valence-corrected chi connectivity index (χ3v) is 4.23. The van der Waals surface area contributed by atoms with Crippen molar-refractivity contribution in [2.24, 2.45) is 14.1 Å². The van der Waals surface area contributed by atoms with E-state index in [1.807, 2.05) is 0 Å². The van der Waals surface area contributed by atoms with Crippen molar-refractivity contribution in [1.82, 2.24) is 9.13 Å². The summed E-state index contributed by atoms with van der Waals surface area (Å²) in [5.74, 6) is 0. The number of aromatic nitrogens is 4. The summed E-state index contributed by atoms with van der Waals surface area (Å²) in [6.07, 6.45) is 23.8. The van der Waals surface area contributed by atoms with E-state index in [0.717, 1.165) is 13.1 Å². The Kier molecular flexibility index (Phi) is 7.20. The zero-order valence-electron chi connectivity index (χ0n) is 14.3. The normalized spacial score (nSPS) is 11.2. The number of rotatable bonds is 11. The summed E-state index contributed by atoms with van der Waals surface area (Å²) in [5, 5.41) is 0. The molecule has 0 radical (unpaired) electrons. The minimum absolute atomic E-state index is 1.16. The number of unbranched alkanes of at least 4 members (excludes halogenated alkanes) is 7. The predicted octanol–water partition coefficient (Wildman–Crippen LogP) is 2.76. The molecule has 0 aliphatic carbocycles. The van der Waals surface area contributed by atoms with Gasteiger partial charge in [-0.05, 0) is 25.7 Å². The number of nitrogens with zero attached hydrogens (tertiary/aromatic N) is 4. The first-order valence-corrected chi connectivity index (χ1v) is 8.76. The molecule has 2 rings (SSSR count). The Labute approximate surface area is 135 Å². The van der Waals surface area contributed by atoms with Gasteiger partial charge in [0.2, 0.25) is 12.7 Å². The van der Waals surface area contributed by atoms with Gasteiger partial charge in [0.05, 0.1) is 27.2 Å². The average Bonchev–Trinajstić information content (AvgIpc) is 3.09. The molecule has 0 saturated carbocycles. The van der Waals surface area contributed by atoms with E-state index in [9.17, 15) is 0 Å². The Morgan fingerprint density at radius 2 is 0.955 bits per heavy atom. The maximum Gasteiger partial charge on any atom is 0.243 e. The van der Waals surface area contributed by atoms with Crippen LogP contribution in [0.3, 0.4) is 0 Å². The summed E-state index contributed by atoms with van der Waals surface area (Å²) in [7, 11) is 4.15. The fraction of sp³-hybridized carbons (Fsp3) is 0.667. The third kappa shape index (κ3) is 6.46. The quantitative estimate of drug-likeness (QED) is 0.449. The van der Waals surface area contributed by atoms with E-state index in [2.05, 4.69) is 69.8 Å². The first kappa shape index (κ1) is 16.8. The Bertz CT molecular complexity index is 478. The second-order valence-electron chi connectivity index (χ2n) is 6.46. The molecule has 0 spiro atoms. The Hall–Kier alpha value is -1.58. The van der Waals surface area contributed by atoms with Crippen LogP contribution in [0.25, 0.3) is 0 Å². The zero-order valence-corrected chi connectivity index (χ0v) is 14.3. The van der Waals surface area contributed by atoms with Gasteiger partial charge in [-0.3, -0.25) is 0 Å². The smallest absolute Gasteiger partial charge is 0.240 e. The molecule has 0 fully saturated rings. The van der Waals surface area contributed by atoms with Gasteiger partial charge in [0.25, 0.3) is 0 Å². The van der Waals surface area contributed by atoms with Gasteiger partial charge < -0.3 is 0 Å². The molecule has 0 atom stereocenters. The first-order valence-electron chi connectivity index (χ1n) is 8.76. The maximum atomic E-state index is 2.28. The largest absolute Gasteiger partial charge is 0.243 e. The molecule has 4 nitrogen and oxygen atoms in total. The highest BCUT2D eigenvalue weighted by molar-refractivity contribution is 4.66. The minimum Gasteiger partial charge on any atom is -0.240 e. The lowest BCUT2D eigenvalue weighted by molar-refractivity contribution is -0.671. The molecule has 2 aromatic heterocycles. The molecule has 0 N–H and O–H groups in total. The summed E-state index contributed by atoms with van der Waals surface area (Å²) >= 11 is 0. The topological polar surface area (TPSA) is 17.6 Å². The van der Waals surface area contributed by atoms with Crippen LogP contribution >= 0.6 is 0 Å². The van der Waals surface area contributed by atoms with Crippen molar-refractivity contribution in [2.75, 3.05) is 0 Å². The molecular weight excluding hydrogens is 272 g/mol. The van der Waals surface area contributed by atoms with Gasteiger partial charge in [0.15, 0.2) is 0 Å². The van der Waals surface area contributed by atoms with Crippen molar-refractivity contribution in [2.45, 2.75) is 64.5 Å². The van der Waals surface area contributed by atoms with Gasteiger partial charge >= 0.3 is 0 Å². The fourth-order valence-electron chi connectivity index (χ4n) is 2.92. The van der Waals surface area contributed by atoms with Crippen molar-refractivity contribution in [3.8, 4) is 0 Å². The summed E-state index contributed by atoms with van der Waals surface area (Å²) in [6.45, 7) is 2.32. The summed E-state index contributed by atoms with van der Waals surface area (Å²) in [6, 6.07) is 0. The van der Waals surface area contributed by atoms with E-state index in [1.54, 1.807) is 0 Å². The number of hydrogen-bond donors (Lipinski definition) is 0. The molecule has 0 aliphatic rings. The Morgan fingerprint density at radius 3 is 1.27 bits per heavy atom. The van der Waals surface area contributed by atoms with Crippen LogP contribution in [-0.4, -0.2) is 9.13 Å². The first-order chi connectivity index (χ1) is 10.7. The van der Waals surface area contributed by atoms with Crippen LogP contribution in [0.4, 0.5) is 0 Å². The molecule has 0 bridgehead atoms. The highest BCUT2D eigenvalue weighted by Gasteiger charge is 2.00. The molecule has 0 aromatic carbocycles. The summed E-state index contributed by atoms with van der Waals surface area (Å²) in [5.41, 5.74) is 0. The molecular formula is C18H32N4+2. The van der Waals surface area contributed by atoms with Crippen LogP contribution < -0.4 is 9.13 Å². The zero-order chi connectivity index (χ0) is 15.6. The molecule has 2 heterocycles. The van der Waals surface area contributed by atoms with Gasteiger partial charge in [-0.15, -0.1) is 0 Å². The van der Waals surface area contributed by atoms with Gasteiger partial charge in [-0.2, -0.15) is 0 Å². The molecule has 0 unspecified atom stereocenters. The SMILES string of the molecule is C[n+]1ccn(CCCCCCCCCCn2cc[n+](C)c2)c1. The van der Waals surface area contributed by atoms with E-state index >= 15 is 0 Å². The fourth-order valence-corrected chi connectivity index (χ4v) is 2.92. The standard InChI is InChI=1S/C18H32N4/c1-19-13-15-21(17-19)11-9-7-5-3-4-6-8-10-12-22-16-14-20(2)18-22/h13-18H,3-12H2,1-2H3/q+2. The highest BCUT2D eigenvalue weighted by atomic mass is 15.1. The van der Waals surface area contributed by atoms with Crippen molar-refractivity contribution in [3.05, 3.63) is 37.4 Å². The van der Waals surface area contributed by atoms with Crippen molar-refractivity contribution in [3.63, 3.8) is 0 Å². The average molecular weight is 304 g/mol. The van der Waals surface area contributed by atoms with Crippen LogP contribution in [0.1, 0.15) is 51.4 Å². The third-order valence-electron chi connectivity index (χ3n) is 4.23. The van der Waals surface area contributed by atoms with E-state index in [0.29, 0.717) is 0 Å². The van der Waals surface area contributed by atoms with E-state index < -0.39 is 0 Å². The molecule has 0 aliphatic heterocycles. The second kappa shape index (κ2) is 9.44. The number of aryl methyl sites for hydroxylation is 4. The van der Waals surface area contributed by atoms with Crippen molar-refractivity contribution >= 4 is 0 Å². The lowest BCUT2D eigenvalue weighted by Crippen LogP contribution is -2.23. The van der Waals surface area contributed by atoms with Crippen LogP contribution in [0.2, 0.25) is 0 Å². The van der Waals surface area contributed by atoms with Gasteiger partial charge in [-0.25, -0.2) is 18.3 Å². The van der Waals surface area contributed by atoms with Crippen molar-refractivity contribution < 1.29 is 9.13 Å². The second-order valence-corrected chi connectivity index (χ2v) is 6.46. The Morgan fingerprint density at radius 1 is 0.591 bits per heavy atom. The van der Waals surface area contributed by atoms with E-state index in [-0.39, 0.29) is 0 Å². The highest BCUT2D eigenvalue weighted by Crippen LogP contribution is 2.09. The monoisotopic (exact) mass is 304 g/mol. The number of imidazole rings is 2. The Balaban J connectivity index is 1.37. The van der Waals surface area contributed by atoms with Crippen LogP contribution in [0, 0.1) is 0 Å². The van der Waals surface area contributed by atoms with Gasteiger partial charge in [-0.1, -0.05) is 25.7 Å². The molecule has 4 heteroatoms. The van der Waals surface area contributed by atoms with E-state index in [1.165, 1.54) is 51.4 Å². The van der Waals surface area contributed by atoms with Gasteiger partial charge in [0.1, 0.15) is 24.8 Å². The van der Waals surface area contributed by atoms with E-state index in [4.69, 9.17) is 0 Å². The lowest BCUT2D eigenvalue weighted by Gasteiger charge is -2.01. The summed E-state index contributed by atoms with van der Waals surface area (Å²) < 4.78 is 8.77. The van der Waals surface area contributed by atoms with Crippen LogP contribution in [0.5, 0.6) is 0 Å². The van der Waals surface area contributed by atoms with Crippen molar-refractivity contribution in [1.29, 1.82) is 0 Å². The van der Waals surface area contributed by atoms with Gasteiger partial charge in [0, 0.05) is 0 Å². The minimum atomic E-state index is 1.16. The molecule has 122 valence electrons. The number of hydrogen-bond acceptors (Lipinski definition) is 0. The van der Waals surface area contributed by atoms with Crippen LogP contribution in [0.15, 0.2) is 37.4 Å². The predicted molar refractivity (Wildman–Crippen MR) is 88.2 cm³/mol. The molecule has 0 saturated heterocycles.